The van der Waals surface area contributed by atoms with Crippen molar-refractivity contribution >= 4 is 28.2 Å². The van der Waals surface area contributed by atoms with Gasteiger partial charge < -0.3 is 19.4 Å². The third-order valence-corrected chi connectivity index (χ3v) is 5.18. The van der Waals surface area contributed by atoms with Crippen LogP contribution in [0, 0.1) is 5.82 Å². The van der Waals surface area contributed by atoms with E-state index in [0.717, 1.165) is 10.9 Å². The van der Waals surface area contributed by atoms with Gasteiger partial charge in [-0.25, -0.2) is 9.18 Å². The molecule has 0 atom stereocenters. The molecule has 0 bridgehead atoms. The van der Waals surface area contributed by atoms with Crippen molar-refractivity contribution in [3.05, 3.63) is 54.0 Å². The fourth-order valence-corrected chi connectivity index (χ4v) is 3.58. The van der Waals surface area contributed by atoms with Crippen LogP contribution in [0.4, 0.5) is 15.8 Å². The fraction of sp³-hybridized carbons (Fsp3) is 0.318. The Morgan fingerprint density at radius 1 is 1.16 bits per heavy atom. The Balaban J connectivity index is 1.55. The Bertz CT molecular complexity index is 1110. The van der Waals surface area contributed by atoms with Crippen LogP contribution in [-0.2, 0) is 4.74 Å². The second kappa shape index (κ2) is 9.03. The number of methoxy groups -OCH3 is 1. The van der Waals surface area contributed by atoms with E-state index in [1.807, 2.05) is 22.0 Å². The summed E-state index contributed by atoms with van der Waals surface area (Å²) in [4.78, 5) is 17.5. The Hall–Kier alpha value is -3.62. The van der Waals surface area contributed by atoms with Crippen molar-refractivity contribution in [2.75, 3.05) is 44.8 Å². The Kier molecular flexibility index (Phi) is 6.01. The molecule has 9 heteroatoms. The molecular formula is C22H24FN5O3. The van der Waals surface area contributed by atoms with Gasteiger partial charge in [0.05, 0.1) is 32.5 Å². The molecule has 31 heavy (non-hydrogen) atoms. The van der Waals surface area contributed by atoms with Gasteiger partial charge in [-0.1, -0.05) is 17.4 Å². The van der Waals surface area contributed by atoms with Crippen molar-refractivity contribution in [1.82, 2.24) is 9.99 Å². The van der Waals surface area contributed by atoms with E-state index in [-0.39, 0.29) is 18.1 Å². The van der Waals surface area contributed by atoms with Crippen molar-refractivity contribution in [3.8, 4) is 5.75 Å². The van der Waals surface area contributed by atoms with Crippen LogP contribution in [-0.4, -0.2) is 55.9 Å². The molecule has 3 aromatic rings. The molecule has 162 valence electrons. The van der Waals surface area contributed by atoms with Gasteiger partial charge in [-0.15, -0.1) is 5.11 Å². The first-order valence-corrected chi connectivity index (χ1v) is 10.1. The number of aromatic nitrogens is 1. The number of piperazine rings is 1. The van der Waals surface area contributed by atoms with Gasteiger partial charge in [0.1, 0.15) is 17.3 Å². The number of H-pyrrole nitrogens is 1. The maximum atomic E-state index is 14.0. The van der Waals surface area contributed by atoms with Crippen molar-refractivity contribution in [2.45, 2.75) is 6.92 Å². The van der Waals surface area contributed by atoms with Crippen molar-refractivity contribution in [1.29, 1.82) is 0 Å². The number of benzene rings is 2. The van der Waals surface area contributed by atoms with E-state index in [9.17, 15) is 9.18 Å². The second-order valence-corrected chi connectivity index (χ2v) is 7.06. The van der Waals surface area contributed by atoms with Gasteiger partial charge in [0.15, 0.2) is 5.69 Å². The molecule has 4 rings (SSSR count). The van der Waals surface area contributed by atoms with Crippen LogP contribution in [0.3, 0.4) is 0 Å². The molecule has 1 saturated heterocycles. The minimum absolute atomic E-state index is 0.232. The van der Waals surface area contributed by atoms with Crippen molar-refractivity contribution in [3.63, 3.8) is 0 Å². The number of halogens is 1. The number of para-hydroxylation sites is 1. The number of hydrogen-bond donors (Lipinski definition) is 1. The van der Waals surface area contributed by atoms with E-state index in [2.05, 4.69) is 15.3 Å². The number of rotatable bonds is 6. The summed E-state index contributed by atoms with van der Waals surface area (Å²) in [7, 11) is 1.58. The minimum atomic E-state index is -0.490. The highest BCUT2D eigenvalue weighted by molar-refractivity contribution is 6.05. The van der Waals surface area contributed by atoms with Crippen LogP contribution in [0.2, 0.25) is 0 Å². The highest BCUT2D eigenvalue weighted by atomic mass is 19.1. The highest BCUT2D eigenvalue weighted by Gasteiger charge is 2.21. The molecule has 0 saturated carbocycles. The number of anilines is 1. The van der Waals surface area contributed by atoms with Crippen LogP contribution in [0.5, 0.6) is 5.75 Å². The SMILES string of the molecule is CCOC(=O)c1[nH]c2ccc(OC)cc2c1N=NN1CCN(c2ccccc2F)CC1. The lowest BCUT2D eigenvalue weighted by Gasteiger charge is -2.33. The molecule has 0 spiro atoms. The van der Waals surface area contributed by atoms with Crippen LogP contribution in [0.15, 0.2) is 52.8 Å². The lowest BCUT2D eigenvalue weighted by molar-refractivity contribution is 0.0521. The van der Waals surface area contributed by atoms with Crippen LogP contribution in [0.25, 0.3) is 10.9 Å². The summed E-state index contributed by atoms with van der Waals surface area (Å²) in [5, 5.41) is 11.3. The van der Waals surface area contributed by atoms with Crippen LogP contribution < -0.4 is 9.64 Å². The maximum absolute atomic E-state index is 14.0. The molecule has 0 unspecified atom stereocenters. The number of nitrogens with one attached hydrogen (secondary N) is 1. The third kappa shape index (κ3) is 4.30. The number of nitrogens with zero attached hydrogens (tertiary/aromatic N) is 4. The lowest BCUT2D eigenvalue weighted by Crippen LogP contribution is -2.44. The first-order chi connectivity index (χ1) is 15.1. The van der Waals surface area contributed by atoms with E-state index in [1.54, 1.807) is 38.3 Å². The molecule has 0 aliphatic carbocycles. The highest BCUT2D eigenvalue weighted by Crippen LogP contribution is 2.34. The normalized spacial score (nSPS) is 14.4. The maximum Gasteiger partial charge on any atom is 0.357 e. The Morgan fingerprint density at radius 3 is 2.65 bits per heavy atom. The summed E-state index contributed by atoms with van der Waals surface area (Å²) in [6.07, 6.45) is 0. The van der Waals surface area contributed by atoms with Crippen LogP contribution in [0.1, 0.15) is 17.4 Å². The second-order valence-electron chi connectivity index (χ2n) is 7.06. The molecule has 1 aromatic heterocycles. The predicted octanol–water partition coefficient (Wildman–Crippen LogP) is 4.31. The van der Waals surface area contributed by atoms with Gasteiger partial charge in [-0.3, -0.25) is 5.01 Å². The summed E-state index contributed by atoms with van der Waals surface area (Å²) in [5.74, 6) is -0.0720. The van der Waals surface area contributed by atoms with E-state index in [4.69, 9.17) is 9.47 Å². The minimum Gasteiger partial charge on any atom is -0.497 e. The average Bonchev–Trinajstić information content (AvgIpc) is 3.16. The smallest absolute Gasteiger partial charge is 0.357 e. The van der Waals surface area contributed by atoms with Gasteiger partial charge in [0.2, 0.25) is 0 Å². The molecule has 0 amide bonds. The van der Waals surface area contributed by atoms with E-state index in [1.165, 1.54) is 6.07 Å². The number of aromatic amines is 1. The summed E-state index contributed by atoms with van der Waals surface area (Å²) in [6, 6.07) is 12.2. The topological polar surface area (TPSA) is 82.5 Å². The van der Waals surface area contributed by atoms with Gasteiger partial charge >= 0.3 is 5.97 Å². The molecule has 1 aliphatic rings. The van der Waals surface area contributed by atoms with E-state index >= 15 is 0 Å². The molecular weight excluding hydrogens is 401 g/mol. The Labute approximate surface area is 179 Å². The first kappa shape index (κ1) is 20.6. The number of carbonyl (C=O) groups is 1. The molecule has 0 radical (unpaired) electrons. The van der Waals surface area contributed by atoms with Crippen molar-refractivity contribution in [2.24, 2.45) is 10.3 Å². The number of ether oxygens (including phenoxy) is 2. The lowest BCUT2D eigenvalue weighted by atomic mass is 10.2. The standard InChI is InChI=1S/C22H24FN5O3/c1-3-31-22(29)21-20(16-14-15(30-2)8-9-18(16)24-21)25-26-28-12-10-27(11-13-28)19-7-5-4-6-17(19)23/h4-9,14,24H,3,10-13H2,1-2H3. The average molecular weight is 425 g/mol. The monoisotopic (exact) mass is 425 g/mol. The summed E-state index contributed by atoms with van der Waals surface area (Å²) in [6.45, 7) is 4.40. The van der Waals surface area contributed by atoms with E-state index < -0.39 is 5.97 Å². The number of fused-ring (bicyclic) bond motifs is 1. The molecule has 1 fully saturated rings. The zero-order valence-electron chi connectivity index (χ0n) is 17.5. The van der Waals surface area contributed by atoms with Gasteiger partial charge in [-0.2, -0.15) is 0 Å². The van der Waals surface area contributed by atoms with Gasteiger partial charge in [0, 0.05) is 24.0 Å². The zero-order valence-corrected chi connectivity index (χ0v) is 17.5. The van der Waals surface area contributed by atoms with Gasteiger partial charge in [0.25, 0.3) is 0 Å². The Morgan fingerprint density at radius 2 is 1.94 bits per heavy atom. The van der Waals surface area contributed by atoms with E-state index in [0.29, 0.717) is 43.3 Å². The first-order valence-electron chi connectivity index (χ1n) is 10.1. The number of hydrogen-bond acceptors (Lipinski definition) is 6. The third-order valence-electron chi connectivity index (χ3n) is 5.18. The molecule has 2 heterocycles. The quantitative estimate of drug-likeness (QED) is 0.470. The zero-order chi connectivity index (χ0) is 21.8. The summed E-state index contributed by atoms with van der Waals surface area (Å²) < 4.78 is 24.5. The summed E-state index contributed by atoms with van der Waals surface area (Å²) >= 11 is 0. The van der Waals surface area contributed by atoms with Crippen LogP contribution >= 0.6 is 0 Å². The molecule has 1 aliphatic heterocycles. The van der Waals surface area contributed by atoms with Crippen molar-refractivity contribution < 1.29 is 18.7 Å². The number of esters is 1. The largest absolute Gasteiger partial charge is 0.497 e. The summed E-state index contributed by atoms with van der Waals surface area (Å²) in [5.41, 5.74) is 1.98. The number of carbonyl (C=O) groups excluding carboxylic acids is 1. The predicted molar refractivity (Wildman–Crippen MR) is 116 cm³/mol. The fourth-order valence-electron chi connectivity index (χ4n) is 3.58. The molecule has 1 N–H and O–H groups in total. The van der Waals surface area contributed by atoms with Gasteiger partial charge in [-0.05, 0) is 37.3 Å². The molecule has 8 nitrogen and oxygen atoms in total. The molecule has 2 aromatic carbocycles.